The topological polar surface area (TPSA) is 37.3 Å². The fourth-order valence-electron chi connectivity index (χ4n) is 1.88. The molecule has 0 unspecified atom stereocenters. The van der Waals surface area contributed by atoms with Crippen molar-refractivity contribution in [1.82, 2.24) is 0 Å². The van der Waals surface area contributed by atoms with E-state index in [0.717, 1.165) is 5.56 Å². The highest BCUT2D eigenvalue weighted by atomic mass is 16.4. The van der Waals surface area contributed by atoms with Crippen LogP contribution in [0.5, 0.6) is 0 Å². The Labute approximate surface area is 97.3 Å². The van der Waals surface area contributed by atoms with Gasteiger partial charge in [-0.05, 0) is 23.8 Å². The standard InChI is InChI=1S/C14H20O2/c1-14(2,3)10-12(13(15)16)9-11-7-5-4-6-8-11/h4-8,12H,9-10H2,1-3H3,(H,15,16)/t12-/m0/s1. The van der Waals surface area contributed by atoms with Crippen molar-refractivity contribution < 1.29 is 9.90 Å². The van der Waals surface area contributed by atoms with Crippen molar-refractivity contribution in [3.05, 3.63) is 35.9 Å². The number of hydrogen-bond donors (Lipinski definition) is 1. The van der Waals surface area contributed by atoms with Crippen LogP contribution < -0.4 is 0 Å². The lowest BCUT2D eigenvalue weighted by Crippen LogP contribution is -2.22. The summed E-state index contributed by atoms with van der Waals surface area (Å²) in [6.07, 6.45) is 1.32. The Morgan fingerprint density at radius 2 is 1.81 bits per heavy atom. The van der Waals surface area contributed by atoms with Gasteiger partial charge < -0.3 is 5.11 Å². The van der Waals surface area contributed by atoms with Crippen molar-refractivity contribution in [2.24, 2.45) is 11.3 Å². The number of carboxylic acid groups (broad SMARTS) is 1. The van der Waals surface area contributed by atoms with Crippen molar-refractivity contribution in [3.63, 3.8) is 0 Å². The molecule has 0 aliphatic heterocycles. The molecule has 16 heavy (non-hydrogen) atoms. The summed E-state index contributed by atoms with van der Waals surface area (Å²) in [5.41, 5.74) is 1.15. The molecule has 1 atom stereocenters. The van der Waals surface area contributed by atoms with Gasteiger partial charge >= 0.3 is 5.97 Å². The first kappa shape index (κ1) is 12.8. The Morgan fingerprint density at radius 3 is 2.25 bits per heavy atom. The van der Waals surface area contributed by atoms with Gasteiger partial charge in [0.1, 0.15) is 0 Å². The molecule has 1 aromatic carbocycles. The van der Waals surface area contributed by atoms with E-state index in [-0.39, 0.29) is 11.3 Å². The summed E-state index contributed by atoms with van der Waals surface area (Å²) in [6.45, 7) is 6.23. The third-order valence-corrected chi connectivity index (χ3v) is 2.53. The van der Waals surface area contributed by atoms with Gasteiger partial charge in [0, 0.05) is 0 Å². The average Bonchev–Trinajstić information content (AvgIpc) is 2.16. The largest absolute Gasteiger partial charge is 0.481 e. The zero-order chi connectivity index (χ0) is 12.2. The van der Waals surface area contributed by atoms with Gasteiger partial charge in [-0.25, -0.2) is 0 Å². The predicted molar refractivity (Wildman–Crippen MR) is 65.3 cm³/mol. The maximum atomic E-state index is 11.2. The molecule has 0 radical (unpaired) electrons. The van der Waals surface area contributed by atoms with E-state index >= 15 is 0 Å². The molecule has 0 bridgehead atoms. The predicted octanol–water partition coefficient (Wildman–Crippen LogP) is 3.37. The van der Waals surface area contributed by atoms with E-state index < -0.39 is 5.97 Å². The molecule has 2 heteroatoms. The first-order valence-electron chi connectivity index (χ1n) is 5.65. The van der Waals surface area contributed by atoms with Gasteiger partial charge in [0.2, 0.25) is 0 Å². The highest BCUT2D eigenvalue weighted by molar-refractivity contribution is 5.70. The normalized spacial score (nSPS) is 13.4. The summed E-state index contributed by atoms with van der Waals surface area (Å²) >= 11 is 0. The highest BCUT2D eigenvalue weighted by Gasteiger charge is 2.24. The first-order valence-corrected chi connectivity index (χ1v) is 5.65. The van der Waals surface area contributed by atoms with Crippen molar-refractivity contribution >= 4 is 5.97 Å². The minimum Gasteiger partial charge on any atom is -0.481 e. The summed E-state index contributed by atoms with van der Waals surface area (Å²) in [6, 6.07) is 9.82. The van der Waals surface area contributed by atoms with E-state index in [1.807, 2.05) is 30.3 Å². The molecule has 1 aromatic rings. The van der Waals surface area contributed by atoms with Crippen LogP contribution in [0.25, 0.3) is 0 Å². The molecule has 0 spiro atoms. The molecular weight excluding hydrogens is 200 g/mol. The molecule has 1 rings (SSSR count). The molecule has 0 aliphatic carbocycles. The van der Waals surface area contributed by atoms with Gasteiger partial charge in [-0.15, -0.1) is 0 Å². The first-order chi connectivity index (χ1) is 7.38. The minimum atomic E-state index is -0.696. The quantitative estimate of drug-likeness (QED) is 0.844. The Bertz CT molecular complexity index is 336. The lowest BCUT2D eigenvalue weighted by atomic mass is 9.82. The maximum absolute atomic E-state index is 11.2. The van der Waals surface area contributed by atoms with Crippen LogP contribution in [-0.2, 0) is 11.2 Å². The van der Waals surface area contributed by atoms with Crippen molar-refractivity contribution in [2.75, 3.05) is 0 Å². The number of carboxylic acids is 1. The number of rotatable bonds is 4. The molecule has 0 aliphatic rings. The lowest BCUT2D eigenvalue weighted by molar-refractivity contribution is -0.142. The van der Waals surface area contributed by atoms with Crippen LogP contribution in [0.15, 0.2) is 30.3 Å². The van der Waals surface area contributed by atoms with Crippen LogP contribution in [-0.4, -0.2) is 11.1 Å². The van der Waals surface area contributed by atoms with Crippen LogP contribution >= 0.6 is 0 Å². The van der Waals surface area contributed by atoms with Gasteiger partial charge in [0.25, 0.3) is 0 Å². The van der Waals surface area contributed by atoms with Crippen LogP contribution in [0.2, 0.25) is 0 Å². The van der Waals surface area contributed by atoms with Crippen LogP contribution in [0.4, 0.5) is 0 Å². The summed E-state index contributed by atoms with van der Waals surface area (Å²) in [4.78, 5) is 11.2. The zero-order valence-electron chi connectivity index (χ0n) is 10.2. The molecule has 0 aromatic heterocycles. The van der Waals surface area contributed by atoms with E-state index in [4.69, 9.17) is 0 Å². The monoisotopic (exact) mass is 220 g/mol. The number of hydrogen-bond acceptors (Lipinski definition) is 1. The van der Waals surface area contributed by atoms with Crippen molar-refractivity contribution in [3.8, 4) is 0 Å². The van der Waals surface area contributed by atoms with Gasteiger partial charge in [-0.1, -0.05) is 51.1 Å². The smallest absolute Gasteiger partial charge is 0.306 e. The highest BCUT2D eigenvalue weighted by Crippen LogP contribution is 2.26. The molecule has 0 fully saturated rings. The van der Waals surface area contributed by atoms with E-state index in [9.17, 15) is 9.90 Å². The number of aliphatic carboxylic acids is 1. The second-order valence-corrected chi connectivity index (χ2v) is 5.49. The third kappa shape index (κ3) is 4.47. The molecule has 0 amide bonds. The average molecular weight is 220 g/mol. The Hall–Kier alpha value is -1.31. The molecule has 2 nitrogen and oxygen atoms in total. The molecule has 0 saturated heterocycles. The maximum Gasteiger partial charge on any atom is 0.306 e. The Kier molecular flexibility index (Phi) is 4.11. The molecular formula is C14H20O2. The third-order valence-electron chi connectivity index (χ3n) is 2.53. The molecule has 0 heterocycles. The Balaban J connectivity index is 2.70. The second kappa shape index (κ2) is 5.15. The summed E-state index contributed by atoms with van der Waals surface area (Å²) in [7, 11) is 0. The van der Waals surface area contributed by atoms with Crippen LogP contribution in [0.1, 0.15) is 32.8 Å². The van der Waals surface area contributed by atoms with Gasteiger partial charge in [0.15, 0.2) is 0 Å². The van der Waals surface area contributed by atoms with E-state index in [1.54, 1.807) is 0 Å². The summed E-state index contributed by atoms with van der Waals surface area (Å²) < 4.78 is 0. The van der Waals surface area contributed by atoms with Crippen molar-refractivity contribution in [2.45, 2.75) is 33.6 Å². The number of benzene rings is 1. The van der Waals surface area contributed by atoms with E-state index in [2.05, 4.69) is 20.8 Å². The number of carbonyl (C=O) groups is 1. The zero-order valence-corrected chi connectivity index (χ0v) is 10.2. The van der Waals surface area contributed by atoms with Gasteiger partial charge in [-0.2, -0.15) is 0 Å². The SMILES string of the molecule is CC(C)(C)C[C@H](Cc1ccccc1)C(=O)O. The van der Waals surface area contributed by atoms with Crippen molar-refractivity contribution in [1.29, 1.82) is 0 Å². The summed E-state index contributed by atoms with van der Waals surface area (Å²) in [5.74, 6) is -0.985. The van der Waals surface area contributed by atoms with Gasteiger partial charge in [0.05, 0.1) is 5.92 Å². The minimum absolute atomic E-state index is 0.0534. The van der Waals surface area contributed by atoms with E-state index in [1.165, 1.54) is 0 Å². The lowest BCUT2D eigenvalue weighted by Gasteiger charge is -2.23. The second-order valence-electron chi connectivity index (χ2n) is 5.49. The summed E-state index contributed by atoms with van der Waals surface area (Å²) in [5, 5.41) is 9.20. The molecule has 0 saturated carbocycles. The fourth-order valence-corrected chi connectivity index (χ4v) is 1.88. The van der Waals surface area contributed by atoms with Crippen LogP contribution in [0, 0.1) is 11.3 Å². The van der Waals surface area contributed by atoms with Gasteiger partial charge in [-0.3, -0.25) is 4.79 Å². The molecule has 1 N–H and O–H groups in total. The molecule has 88 valence electrons. The van der Waals surface area contributed by atoms with E-state index in [0.29, 0.717) is 12.8 Å². The van der Waals surface area contributed by atoms with Crippen LogP contribution in [0.3, 0.4) is 0 Å². The fraction of sp³-hybridized carbons (Fsp3) is 0.500. The Morgan fingerprint density at radius 1 is 1.25 bits per heavy atom.